The van der Waals surface area contributed by atoms with E-state index in [4.69, 9.17) is 4.42 Å². The van der Waals surface area contributed by atoms with Gasteiger partial charge >= 0.3 is 0 Å². The topological polar surface area (TPSA) is 63.4 Å². The van der Waals surface area contributed by atoms with Crippen LogP contribution in [0.1, 0.15) is 11.1 Å². The van der Waals surface area contributed by atoms with Gasteiger partial charge in [0, 0.05) is 19.2 Å². The summed E-state index contributed by atoms with van der Waals surface area (Å²) in [6.07, 6.45) is 0. The lowest BCUT2D eigenvalue weighted by Crippen LogP contribution is -2.18. The van der Waals surface area contributed by atoms with Gasteiger partial charge in [0.1, 0.15) is 0 Å². The van der Waals surface area contributed by atoms with Crippen molar-refractivity contribution in [3.05, 3.63) is 96.1 Å². The molecule has 1 aromatic heterocycles. The summed E-state index contributed by atoms with van der Waals surface area (Å²) in [5, 5.41) is -0.0800. The van der Waals surface area contributed by atoms with Crippen molar-refractivity contribution in [1.29, 1.82) is 0 Å². The Morgan fingerprint density at radius 1 is 0.867 bits per heavy atom. The van der Waals surface area contributed by atoms with Gasteiger partial charge in [0.05, 0.1) is 4.90 Å². The van der Waals surface area contributed by atoms with Crippen LogP contribution in [0, 0.1) is 6.92 Å². The Kier molecular flexibility index (Phi) is 5.42. The smallest absolute Gasteiger partial charge is 0.236 e. The van der Waals surface area contributed by atoms with Crippen molar-refractivity contribution in [2.75, 3.05) is 11.9 Å². The predicted octanol–water partition coefficient (Wildman–Crippen LogP) is 5.12. The van der Waals surface area contributed by atoms with Gasteiger partial charge in [-0.15, -0.1) is 0 Å². The van der Waals surface area contributed by atoms with Gasteiger partial charge in [-0.1, -0.05) is 66.2 Å². The Balaban J connectivity index is 1.81. The SMILES string of the molecule is Cc1ccc(S(=O)(=O)c2nc(-c3ccccc3)oc2N(C)Cc2ccccc2)cc1. The van der Waals surface area contributed by atoms with Crippen molar-refractivity contribution >= 4 is 15.7 Å². The number of benzene rings is 3. The lowest BCUT2D eigenvalue weighted by Gasteiger charge is -2.17. The van der Waals surface area contributed by atoms with Crippen LogP contribution < -0.4 is 4.90 Å². The molecular formula is C24H22N2O3S. The summed E-state index contributed by atoms with van der Waals surface area (Å²) >= 11 is 0. The first-order valence-electron chi connectivity index (χ1n) is 9.58. The molecule has 1 heterocycles. The minimum absolute atomic E-state index is 0.0800. The molecule has 0 amide bonds. The van der Waals surface area contributed by atoms with E-state index < -0.39 is 9.84 Å². The summed E-state index contributed by atoms with van der Waals surface area (Å²) in [5.74, 6) is 0.495. The molecule has 0 N–H and O–H groups in total. The maximum atomic E-state index is 13.4. The van der Waals surface area contributed by atoms with E-state index in [-0.39, 0.29) is 21.7 Å². The van der Waals surface area contributed by atoms with Crippen LogP contribution in [0.5, 0.6) is 0 Å². The van der Waals surface area contributed by atoms with E-state index in [1.807, 2.05) is 67.6 Å². The van der Waals surface area contributed by atoms with E-state index in [1.165, 1.54) is 0 Å². The monoisotopic (exact) mass is 418 g/mol. The molecule has 5 nitrogen and oxygen atoms in total. The number of aryl methyl sites for hydroxylation is 1. The lowest BCUT2D eigenvalue weighted by molar-refractivity contribution is 0.554. The highest BCUT2D eigenvalue weighted by Crippen LogP contribution is 2.34. The van der Waals surface area contributed by atoms with Crippen LogP contribution in [0.3, 0.4) is 0 Å². The Morgan fingerprint density at radius 3 is 2.10 bits per heavy atom. The third kappa shape index (κ3) is 4.00. The maximum Gasteiger partial charge on any atom is 0.236 e. The second-order valence-corrected chi connectivity index (χ2v) is 9.02. The predicted molar refractivity (Wildman–Crippen MR) is 117 cm³/mol. The summed E-state index contributed by atoms with van der Waals surface area (Å²) < 4.78 is 32.8. The molecule has 6 heteroatoms. The zero-order valence-electron chi connectivity index (χ0n) is 16.8. The van der Waals surface area contributed by atoms with E-state index >= 15 is 0 Å². The lowest BCUT2D eigenvalue weighted by atomic mass is 10.2. The average molecular weight is 419 g/mol. The van der Waals surface area contributed by atoms with Crippen molar-refractivity contribution in [3.8, 4) is 11.5 Å². The van der Waals surface area contributed by atoms with E-state index in [0.29, 0.717) is 6.54 Å². The molecule has 0 aliphatic heterocycles. The van der Waals surface area contributed by atoms with Crippen LogP contribution in [-0.2, 0) is 16.4 Å². The van der Waals surface area contributed by atoms with E-state index in [1.54, 1.807) is 36.2 Å². The summed E-state index contributed by atoms with van der Waals surface area (Å²) in [5.41, 5.74) is 2.74. The van der Waals surface area contributed by atoms with E-state index in [2.05, 4.69) is 4.98 Å². The summed E-state index contributed by atoms with van der Waals surface area (Å²) in [4.78, 5) is 6.38. The molecule has 0 bridgehead atoms. The Bertz CT molecular complexity index is 1230. The number of hydrogen-bond donors (Lipinski definition) is 0. The standard InChI is InChI=1S/C24H22N2O3S/c1-18-13-15-21(16-14-18)30(27,28)23-24(26(2)17-19-9-5-3-6-10-19)29-22(25-23)20-11-7-4-8-12-20/h3-16H,17H2,1-2H3. The molecule has 3 aromatic carbocycles. The zero-order chi connectivity index (χ0) is 21.1. The van der Waals surface area contributed by atoms with Crippen LogP contribution in [0.4, 0.5) is 5.88 Å². The van der Waals surface area contributed by atoms with Gasteiger partial charge in [-0.05, 0) is 36.8 Å². The summed E-state index contributed by atoms with van der Waals surface area (Å²) in [6, 6.07) is 25.9. The van der Waals surface area contributed by atoms with Gasteiger partial charge in [0.25, 0.3) is 0 Å². The third-order valence-corrected chi connectivity index (χ3v) is 6.46. The Hall–Kier alpha value is -3.38. The second kappa shape index (κ2) is 8.16. The maximum absolute atomic E-state index is 13.4. The van der Waals surface area contributed by atoms with Gasteiger partial charge in [0.2, 0.25) is 26.6 Å². The molecule has 4 rings (SSSR count). The van der Waals surface area contributed by atoms with Gasteiger partial charge in [0.15, 0.2) is 0 Å². The van der Waals surface area contributed by atoms with Crippen LogP contribution in [0.25, 0.3) is 11.5 Å². The molecule has 0 aliphatic carbocycles. The molecule has 152 valence electrons. The highest BCUT2D eigenvalue weighted by Gasteiger charge is 2.30. The van der Waals surface area contributed by atoms with Gasteiger partial charge in [-0.25, -0.2) is 8.42 Å². The van der Waals surface area contributed by atoms with E-state index in [0.717, 1.165) is 16.7 Å². The van der Waals surface area contributed by atoms with Crippen molar-refractivity contribution in [2.45, 2.75) is 23.4 Å². The Labute approximate surface area is 176 Å². The quantitative estimate of drug-likeness (QED) is 0.435. The number of oxazole rings is 1. The molecule has 4 aromatic rings. The first kappa shape index (κ1) is 19.9. The number of aromatic nitrogens is 1. The van der Waals surface area contributed by atoms with Crippen LogP contribution in [-0.4, -0.2) is 20.4 Å². The van der Waals surface area contributed by atoms with Crippen molar-refractivity contribution < 1.29 is 12.8 Å². The molecule has 0 aliphatic rings. The van der Waals surface area contributed by atoms with E-state index in [9.17, 15) is 8.42 Å². The van der Waals surface area contributed by atoms with Crippen molar-refractivity contribution in [1.82, 2.24) is 4.98 Å². The largest absolute Gasteiger partial charge is 0.419 e. The first-order chi connectivity index (χ1) is 14.4. The van der Waals surface area contributed by atoms with Gasteiger partial charge in [-0.3, -0.25) is 0 Å². The average Bonchev–Trinajstić information content (AvgIpc) is 3.22. The Morgan fingerprint density at radius 2 is 1.47 bits per heavy atom. The zero-order valence-corrected chi connectivity index (χ0v) is 17.6. The molecule has 0 atom stereocenters. The molecule has 0 unspecified atom stereocenters. The number of nitrogens with zero attached hydrogens (tertiary/aromatic N) is 2. The van der Waals surface area contributed by atoms with Gasteiger partial charge in [-0.2, -0.15) is 4.98 Å². The third-order valence-electron chi connectivity index (χ3n) is 4.80. The van der Waals surface area contributed by atoms with Crippen LogP contribution in [0.15, 0.2) is 99.3 Å². The summed E-state index contributed by atoms with van der Waals surface area (Å²) in [7, 11) is -2.06. The highest BCUT2D eigenvalue weighted by atomic mass is 32.2. The molecule has 0 saturated carbocycles. The summed E-state index contributed by atoms with van der Waals surface area (Å²) in [6.45, 7) is 2.40. The molecule has 0 fully saturated rings. The molecule has 0 spiro atoms. The minimum Gasteiger partial charge on any atom is -0.419 e. The first-order valence-corrected chi connectivity index (χ1v) is 11.1. The fourth-order valence-electron chi connectivity index (χ4n) is 3.18. The number of sulfone groups is 1. The fraction of sp³-hybridized carbons (Fsp3) is 0.125. The van der Waals surface area contributed by atoms with Gasteiger partial charge < -0.3 is 9.32 Å². The van der Waals surface area contributed by atoms with Crippen molar-refractivity contribution in [2.24, 2.45) is 0 Å². The second-order valence-electron chi connectivity index (χ2n) is 7.15. The number of anilines is 1. The van der Waals surface area contributed by atoms with Crippen LogP contribution in [0.2, 0.25) is 0 Å². The number of hydrogen-bond acceptors (Lipinski definition) is 5. The van der Waals surface area contributed by atoms with Crippen LogP contribution >= 0.6 is 0 Å². The minimum atomic E-state index is -3.86. The van der Waals surface area contributed by atoms with Crippen molar-refractivity contribution in [3.63, 3.8) is 0 Å². The molecule has 0 saturated heterocycles. The highest BCUT2D eigenvalue weighted by molar-refractivity contribution is 7.91. The normalized spacial score (nSPS) is 11.4. The number of rotatable bonds is 6. The fourth-order valence-corrected chi connectivity index (χ4v) is 4.52. The molecule has 0 radical (unpaired) electrons. The molecule has 30 heavy (non-hydrogen) atoms. The molecular weight excluding hydrogens is 396 g/mol.